The summed E-state index contributed by atoms with van der Waals surface area (Å²) in [6.07, 6.45) is 2.58. The molecule has 1 aliphatic heterocycles. The Hall–Kier alpha value is -3.49. The third kappa shape index (κ3) is 4.73. The highest BCUT2D eigenvalue weighted by molar-refractivity contribution is 8.00. The number of nitrogens with zero attached hydrogens (tertiary/aromatic N) is 2. The Balaban J connectivity index is 1.22. The molecule has 0 unspecified atom stereocenters. The number of carbonyl (C=O) groups is 1. The van der Waals surface area contributed by atoms with E-state index in [9.17, 15) is 9.18 Å². The number of rotatable bonds is 7. The molecule has 0 saturated carbocycles. The lowest BCUT2D eigenvalue weighted by Gasteiger charge is -2.16. The van der Waals surface area contributed by atoms with Gasteiger partial charge in [-0.2, -0.15) is 0 Å². The monoisotopic (exact) mass is 474 g/mol. The maximum atomic E-state index is 14.1. The Morgan fingerprint density at radius 1 is 1.15 bits per heavy atom. The molecule has 0 radical (unpaired) electrons. The predicted molar refractivity (Wildman–Crippen MR) is 133 cm³/mol. The average molecular weight is 475 g/mol. The molecule has 6 nitrogen and oxygen atoms in total. The number of halogens is 1. The number of anilines is 1. The van der Waals surface area contributed by atoms with Crippen LogP contribution in [-0.2, 0) is 17.8 Å². The van der Waals surface area contributed by atoms with E-state index in [0.717, 1.165) is 40.1 Å². The van der Waals surface area contributed by atoms with Crippen LogP contribution in [0, 0.1) is 5.82 Å². The third-order valence-electron chi connectivity index (χ3n) is 5.69. The second-order valence-electron chi connectivity index (χ2n) is 7.97. The number of nitrogens with one attached hydrogen (secondary N) is 2. The standard InChI is InChI=1S/C26H23FN4O2S/c1-33-22-13-18(27)12-21-20(9-11-29-25(21)22)17-4-2-16(3-5-17)8-10-28-14-19-6-7-23-26(30-19)31-24(32)15-34-23/h2-7,9,11-13,28H,8,10,14-15H2,1H3,(H,30,31,32). The molecule has 0 spiro atoms. The summed E-state index contributed by atoms with van der Waals surface area (Å²) in [7, 11) is 1.52. The molecule has 2 aromatic heterocycles. The van der Waals surface area contributed by atoms with Crippen LogP contribution in [0.2, 0.25) is 0 Å². The van der Waals surface area contributed by atoms with Crippen molar-refractivity contribution in [3.8, 4) is 16.9 Å². The molecule has 0 bridgehead atoms. The summed E-state index contributed by atoms with van der Waals surface area (Å²) in [4.78, 5) is 21.5. The van der Waals surface area contributed by atoms with Crippen LogP contribution in [0.4, 0.5) is 10.2 Å². The lowest BCUT2D eigenvalue weighted by molar-refractivity contribution is -0.113. The molecule has 0 fully saturated rings. The molecule has 4 aromatic rings. The first-order valence-electron chi connectivity index (χ1n) is 11.0. The summed E-state index contributed by atoms with van der Waals surface area (Å²) in [5.74, 6) is 1.15. The zero-order valence-electron chi connectivity index (χ0n) is 18.6. The topological polar surface area (TPSA) is 76.1 Å². The molecule has 34 heavy (non-hydrogen) atoms. The molecular weight excluding hydrogens is 451 g/mol. The molecular formula is C26H23FN4O2S. The van der Waals surface area contributed by atoms with Crippen molar-refractivity contribution in [1.82, 2.24) is 15.3 Å². The van der Waals surface area contributed by atoms with Crippen molar-refractivity contribution in [2.75, 3.05) is 24.7 Å². The first kappa shape index (κ1) is 22.3. The number of benzene rings is 2. The van der Waals surface area contributed by atoms with Gasteiger partial charge in [0.2, 0.25) is 5.91 Å². The Bertz CT molecular complexity index is 1360. The molecule has 8 heteroatoms. The van der Waals surface area contributed by atoms with Gasteiger partial charge in [-0.1, -0.05) is 24.3 Å². The van der Waals surface area contributed by atoms with E-state index >= 15 is 0 Å². The van der Waals surface area contributed by atoms with Crippen LogP contribution >= 0.6 is 11.8 Å². The first-order valence-corrected chi connectivity index (χ1v) is 11.9. The van der Waals surface area contributed by atoms with E-state index in [1.807, 2.05) is 30.3 Å². The van der Waals surface area contributed by atoms with Crippen molar-refractivity contribution in [1.29, 1.82) is 0 Å². The van der Waals surface area contributed by atoms with Crippen LogP contribution < -0.4 is 15.4 Å². The molecule has 2 aromatic carbocycles. The second kappa shape index (κ2) is 9.79. The van der Waals surface area contributed by atoms with Crippen LogP contribution in [0.3, 0.4) is 0 Å². The Labute approximate surface area is 201 Å². The van der Waals surface area contributed by atoms with Gasteiger partial charge in [-0.25, -0.2) is 9.37 Å². The number of pyridine rings is 2. The number of methoxy groups -OCH3 is 1. The first-order chi connectivity index (χ1) is 16.6. The van der Waals surface area contributed by atoms with E-state index < -0.39 is 0 Å². The van der Waals surface area contributed by atoms with Crippen LogP contribution in [0.5, 0.6) is 5.75 Å². The van der Waals surface area contributed by atoms with E-state index in [-0.39, 0.29) is 11.7 Å². The molecule has 0 saturated heterocycles. The summed E-state index contributed by atoms with van der Waals surface area (Å²) in [6.45, 7) is 1.42. The Morgan fingerprint density at radius 3 is 2.82 bits per heavy atom. The summed E-state index contributed by atoms with van der Waals surface area (Å²) in [5.41, 5.74) is 4.64. The summed E-state index contributed by atoms with van der Waals surface area (Å²) < 4.78 is 19.4. The molecule has 3 heterocycles. The van der Waals surface area contributed by atoms with Gasteiger partial charge in [-0.05, 0) is 53.9 Å². The highest BCUT2D eigenvalue weighted by Gasteiger charge is 2.16. The molecule has 2 N–H and O–H groups in total. The van der Waals surface area contributed by atoms with Crippen LogP contribution in [-0.4, -0.2) is 35.3 Å². The molecule has 0 aliphatic carbocycles. The van der Waals surface area contributed by atoms with Gasteiger partial charge in [0.15, 0.2) is 0 Å². The quantitative estimate of drug-likeness (QED) is 0.374. The molecule has 1 aliphatic rings. The minimum Gasteiger partial charge on any atom is -0.494 e. The second-order valence-corrected chi connectivity index (χ2v) is 8.99. The van der Waals surface area contributed by atoms with Crippen LogP contribution in [0.15, 0.2) is 65.7 Å². The fraction of sp³-hybridized carbons (Fsp3) is 0.192. The third-order valence-corrected chi connectivity index (χ3v) is 6.74. The smallest absolute Gasteiger partial charge is 0.235 e. The molecule has 0 atom stereocenters. The number of thioether (sulfide) groups is 1. The summed E-state index contributed by atoms with van der Waals surface area (Å²) >= 11 is 1.51. The van der Waals surface area contributed by atoms with E-state index in [1.165, 1.54) is 36.6 Å². The predicted octanol–water partition coefficient (Wildman–Crippen LogP) is 4.82. The minimum absolute atomic E-state index is 0.0115. The summed E-state index contributed by atoms with van der Waals surface area (Å²) in [5, 5.41) is 6.96. The highest BCUT2D eigenvalue weighted by Crippen LogP contribution is 2.33. The van der Waals surface area contributed by atoms with Crippen molar-refractivity contribution in [3.63, 3.8) is 0 Å². The van der Waals surface area contributed by atoms with Gasteiger partial charge in [0.25, 0.3) is 0 Å². The number of amides is 1. The zero-order chi connectivity index (χ0) is 23.5. The molecule has 5 rings (SSSR count). The zero-order valence-corrected chi connectivity index (χ0v) is 19.4. The van der Waals surface area contributed by atoms with Gasteiger partial charge in [-0.15, -0.1) is 11.8 Å². The molecule has 1 amide bonds. The lowest BCUT2D eigenvalue weighted by atomic mass is 9.99. The van der Waals surface area contributed by atoms with Crippen molar-refractivity contribution in [3.05, 3.63) is 77.9 Å². The largest absolute Gasteiger partial charge is 0.494 e. The number of carbonyl (C=O) groups excluding carboxylic acids is 1. The van der Waals surface area contributed by atoms with Crippen molar-refractivity contribution in [2.24, 2.45) is 0 Å². The van der Waals surface area contributed by atoms with Gasteiger partial charge in [0.1, 0.15) is 22.9 Å². The number of hydrogen-bond acceptors (Lipinski definition) is 6. The van der Waals surface area contributed by atoms with E-state index in [1.54, 1.807) is 6.20 Å². The van der Waals surface area contributed by atoms with E-state index in [0.29, 0.717) is 29.4 Å². The SMILES string of the molecule is COc1cc(F)cc2c(-c3ccc(CCNCc4ccc5c(n4)NC(=O)CS5)cc3)ccnc12. The fourth-order valence-electron chi connectivity index (χ4n) is 4.00. The average Bonchev–Trinajstić information content (AvgIpc) is 2.86. The highest BCUT2D eigenvalue weighted by atomic mass is 32.2. The van der Waals surface area contributed by atoms with Crippen molar-refractivity contribution >= 4 is 34.4 Å². The number of fused-ring (bicyclic) bond motifs is 2. The van der Waals surface area contributed by atoms with E-state index in [4.69, 9.17) is 4.74 Å². The maximum Gasteiger partial charge on any atom is 0.235 e. The van der Waals surface area contributed by atoms with E-state index in [2.05, 4.69) is 32.7 Å². The van der Waals surface area contributed by atoms with Gasteiger partial charge in [0.05, 0.1) is 23.5 Å². The van der Waals surface area contributed by atoms with Gasteiger partial charge in [0, 0.05) is 24.2 Å². The van der Waals surface area contributed by atoms with Crippen molar-refractivity contribution < 1.29 is 13.9 Å². The minimum atomic E-state index is -0.351. The Kier molecular flexibility index (Phi) is 6.42. The number of ether oxygens (including phenoxy) is 1. The fourth-order valence-corrected chi connectivity index (χ4v) is 4.76. The lowest BCUT2D eigenvalue weighted by Crippen LogP contribution is -2.22. The Morgan fingerprint density at radius 2 is 2.00 bits per heavy atom. The maximum absolute atomic E-state index is 14.1. The van der Waals surface area contributed by atoms with Crippen LogP contribution in [0.25, 0.3) is 22.0 Å². The summed E-state index contributed by atoms with van der Waals surface area (Å²) in [6, 6.07) is 17.0. The molecule has 172 valence electrons. The van der Waals surface area contributed by atoms with Crippen LogP contribution in [0.1, 0.15) is 11.3 Å². The number of hydrogen-bond donors (Lipinski definition) is 2. The normalized spacial score (nSPS) is 12.9. The van der Waals surface area contributed by atoms with Crippen molar-refractivity contribution in [2.45, 2.75) is 17.9 Å². The van der Waals surface area contributed by atoms with Gasteiger partial charge in [-0.3, -0.25) is 9.78 Å². The number of aromatic nitrogens is 2. The van der Waals surface area contributed by atoms with Gasteiger partial charge < -0.3 is 15.4 Å². The van der Waals surface area contributed by atoms with Gasteiger partial charge >= 0.3 is 0 Å².